The van der Waals surface area contributed by atoms with Gasteiger partial charge in [0.05, 0.1) is 11.7 Å². The van der Waals surface area contributed by atoms with E-state index < -0.39 is 0 Å². The van der Waals surface area contributed by atoms with E-state index in [0.717, 1.165) is 12.5 Å². The van der Waals surface area contributed by atoms with Gasteiger partial charge in [0.15, 0.2) is 0 Å². The van der Waals surface area contributed by atoms with Crippen LogP contribution in [-0.4, -0.2) is 16.8 Å². The van der Waals surface area contributed by atoms with Gasteiger partial charge in [0.25, 0.3) is 0 Å². The maximum atomic E-state index is 4.67. The van der Waals surface area contributed by atoms with Crippen LogP contribution in [0.4, 0.5) is 0 Å². The fourth-order valence-corrected chi connectivity index (χ4v) is 2.30. The second kappa shape index (κ2) is 3.97. The molecule has 1 aromatic rings. The molecule has 0 bridgehead atoms. The Kier molecular flexibility index (Phi) is 2.83. The Balaban J connectivity index is 2.27. The summed E-state index contributed by atoms with van der Waals surface area (Å²) in [5.74, 6) is 0.866. The quantitative estimate of drug-likeness (QED) is 0.820. The Morgan fingerprint density at radius 3 is 2.67 bits per heavy atom. The van der Waals surface area contributed by atoms with Crippen LogP contribution >= 0.6 is 0 Å². The average Bonchev–Trinajstić information content (AvgIpc) is 3.00. The number of nitrogens with one attached hydrogen (secondary N) is 1. The highest BCUT2D eigenvalue weighted by atomic mass is 15.3. The molecular formula is C12H21N3. The van der Waals surface area contributed by atoms with Gasteiger partial charge < -0.3 is 5.32 Å². The van der Waals surface area contributed by atoms with Crippen LogP contribution in [0.15, 0.2) is 0 Å². The van der Waals surface area contributed by atoms with Crippen molar-refractivity contribution in [2.75, 3.05) is 7.05 Å². The summed E-state index contributed by atoms with van der Waals surface area (Å²) < 4.78 is 2.22. The molecule has 3 heteroatoms. The van der Waals surface area contributed by atoms with Gasteiger partial charge in [0.1, 0.15) is 0 Å². The Hall–Kier alpha value is -0.830. The molecule has 1 unspecified atom stereocenters. The van der Waals surface area contributed by atoms with E-state index in [0.29, 0.717) is 6.04 Å². The molecule has 1 aromatic heterocycles. The van der Waals surface area contributed by atoms with Crippen molar-refractivity contribution in [2.45, 2.75) is 46.2 Å². The first-order valence-electron chi connectivity index (χ1n) is 5.84. The highest BCUT2D eigenvalue weighted by molar-refractivity contribution is 5.24. The van der Waals surface area contributed by atoms with Gasteiger partial charge in [-0.25, -0.2) is 0 Å². The van der Waals surface area contributed by atoms with Crippen molar-refractivity contribution in [3.05, 3.63) is 17.0 Å². The number of nitrogens with zero attached hydrogens (tertiary/aromatic N) is 2. The van der Waals surface area contributed by atoms with E-state index in [1.54, 1.807) is 0 Å². The molecule has 1 fully saturated rings. The molecule has 0 aromatic carbocycles. The summed E-state index contributed by atoms with van der Waals surface area (Å²) in [6.07, 6.45) is 2.75. The van der Waals surface area contributed by atoms with Gasteiger partial charge in [-0.05, 0) is 46.6 Å². The molecule has 1 saturated carbocycles. The van der Waals surface area contributed by atoms with Crippen molar-refractivity contribution >= 4 is 0 Å². The van der Waals surface area contributed by atoms with Crippen molar-refractivity contribution in [3.8, 4) is 0 Å². The minimum absolute atomic E-state index is 0.578. The maximum Gasteiger partial charge on any atom is 0.0641 e. The summed E-state index contributed by atoms with van der Waals surface area (Å²) in [5.41, 5.74) is 3.88. The van der Waals surface area contributed by atoms with Gasteiger partial charge in [-0.2, -0.15) is 5.10 Å². The maximum absolute atomic E-state index is 4.67. The molecule has 0 radical (unpaired) electrons. The Morgan fingerprint density at radius 2 is 2.13 bits per heavy atom. The predicted octanol–water partition coefficient (Wildman–Crippen LogP) is 2.19. The number of hydrogen-bond donors (Lipinski definition) is 1. The van der Waals surface area contributed by atoms with E-state index in [-0.39, 0.29) is 0 Å². The van der Waals surface area contributed by atoms with Crippen LogP contribution in [0.2, 0.25) is 0 Å². The second-order valence-corrected chi connectivity index (χ2v) is 4.70. The molecule has 1 atom stereocenters. The predicted molar refractivity (Wildman–Crippen MR) is 61.9 cm³/mol. The van der Waals surface area contributed by atoms with E-state index >= 15 is 0 Å². The van der Waals surface area contributed by atoms with Crippen LogP contribution in [0.5, 0.6) is 0 Å². The summed E-state index contributed by atoms with van der Waals surface area (Å²) in [6.45, 7) is 7.51. The van der Waals surface area contributed by atoms with Gasteiger partial charge in [0.2, 0.25) is 0 Å². The largest absolute Gasteiger partial charge is 0.316 e. The first-order chi connectivity index (χ1) is 7.15. The van der Waals surface area contributed by atoms with Crippen molar-refractivity contribution in [2.24, 2.45) is 5.92 Å². The van der Waals surface area contributed by atoms with Crippen LogP contribution in [-0.2, 0) is 6.54 Å². The molecular weight excluding hydrogens is 186 g/mol. The van der Waals surface area contributed by atoms with E-state index in [2.05, 4.69) is 35.9 Å². The number of aromatic nitrogens is 2. The summed E-state index contributed by atoms with van der Waals surface area (Å²) in [4.78, 5) is 0. The topological polar surface area (TPSA) is 29.9 Å². The smallest absolute Gasteiger partial charge is 0.0641 e. The highest BCUT2D eigenvalue weighted by Gasteiger charge is 2.31. The fraction of sp³-hybridized carbons (Fsp3) is 0.750. The zero-order valence-electron chi connectivity index (χ0n) is 10.2. The number of hydrogen-bond acceptors (Lipinski definition) is 2. The minimum Gasteiger partial charge on any atom is -0.316 e. The van der Waals surface area contributed by atoms with E-state index in [4.69, 9.17) is 0 Å². The van der Waals surface area contributed by atoms with Gasteiger partial charge in [-0.3, -0.25) is 4.68 Å². The average molecular weight is 207 g/mol. The second-order valence-electron chi connectivity index (χ2n) is 4.70. The Bertz CT molecular complexity index is 350. The minimum atomic E-state index is 0.578. The zero-order chi connectivity index (χ0) is 11.0. The fourth-order valence-electron chi connectivity index (χ4n) is 2.30. The lowest BCUT2D eigenvalue weighted by Crippen LogP contribution is -2.12. The lowest BCUT2D eigenvalue weighted by molar-refractivity contribution is 0.429. The standard InChI is InChI=1S/C12H21N3/c1-8-12(7-13-4)10(3)15(14-8)9(2)11-5-6-11/h9,11,13H,5-7H2,1-4H3. The SMILES string of the molecule is CNCc1c(C)nn(C(C)C2CC2)c1C. The molecule has 1 aliphatic carbocycles. The van der Waals surface area contributed by atoms with E-state index in [9.17, 15) is 0 Å². The molecule has 15 heavy (non-hydrogen) atoms. The first kappa shape index (κ1) is 10.7. The number of aryl methyl sites for hydroxylation is 1. The third kappa shape index (κ3) is 1.93. The Morgan fingerprint density at radius 1 is 1.47 bits per heavy atom. The molecule has 0 amide bonds. The van der Waals surface area contributed by atoms with Crippen molar-refractivity contribution in [3.63, 3.8) is 0 Å². The lowest BCUT2D eigenvalue weighted by atomic mass is 10.1. The van der Waals surface area contributed by atoms with Crippen LogP contribution < -0.4 is 5.32 Å². The molecule has 0 aliphatic heterocycles. The molecule has 3 nitrogen and oxygen atoms in total. The monoisotopic (exact) mass is 207 g/mol. The van der Waals surface area contributed by atoms with Crippen LogP contribution in [0.25, 0.3) is 0 Å². The Labute approximate surface area is 91.9 Å². The molecule has 1 heterocycles. The van der Waals surface area contributed by atoms with E-state index in [1.807, 2.05) is 7.05 Å². The highest BCUT2D eigenvalue weighted by Crippen LogP contribution is 2.40. The van der Waals surface area contributed by atoms with Gasteiger partial charge in [-0.15, -0.1) is 0 Å². The van der Waals surface area contributed by atoms with Crippen LogP contribution in [0.1, 0.15) is 42.8 Å². The molecule has 1 aliphatic rings. The van der Waals surface area contributed by atoms with Crippen molar-refractivity contribution in [1.29, 1.82) is 0 Å². The van der Waals surface area contributed by atoms with Gasteiger partial charge >= 0.3 is 0 Å². The number of rotatable bonds is 4. The summed E-state index contributed by atoms with van der Waals surface area (Å²) in [7, 11) is 1.99. The zero-order valence-corrected chi connectivity index (χ0v) is 10.2. The molecule has 0 spiro atoms. The van der Waals surface area contributed by atoms with Crippen LogP contribution in [0, 0.1) is 19.8 Å². The van der Waals surface area contributed by atoms with E-state index in [1.165, 1.54) is 29.8 Å². The summed E-state index contributed by atoms with van der Waals surface area (Å²) in [6, 6.07) is 0.578. The molecule has 0 saturated heterocycles. The molecule has 1 N–H and O–H groups in total. The first-order valence-corrected chi connectivity index (χ1v) is 5.84. The van der Waals surface area contributed by atoms with Gasteiger partial charge in [-0.1, -0.05) is 0 Å². The van der Waals surface area contributed by atoms with Crippen molar-refractivity contribution in [1.82, 2.24) is 15.1 Å². The third-order valence-corrected chi connectivity index (χ3v) is 3.52. The van der Waals surface area contributed by atoms with Gasteiger partial charge in [0, 0.05) is 17.8 Å². The third-order valence-electron chi connectivity index (χ3n) is 3.52. The van der Waals surface area contributed by atoms with Crippen molar-refractivity contribution < 1.29 is 0 Å². The summed E-state index contributed by atoms with van der Waals surface area (Å²) in [5, 5.41) is 7.88. The lowest BCUT2D eigenvalue weighted by Gasteiger charge is -2.13. The normalized spacial score (nSPS) is 18.1. The van der Waals surface area contributed by atoms with Crippen LogP contribution in [0.3, 0.4) is 0 Å². The summed E-state index contributed by atoms with van der Waals surface area (Å²) >= 11 is 0. The molecule has 84 valence electrons. The molecule has 2 rings (SSSR count).